The Kier molecular flexibility index (Phi) is 4.52. The summed E-state index contributed by atoms with van der Waals surface area (Å²) in [5, 5.41) is 2.39. The fourth-order valence-electron chi connectivity index (χ4n) is 2.16. The number of anilines is 1. The number of amides is 1. The molecule has 3 rings (SSSR count). The summed E-state index contributed by atoms with van der Waals surface area (Å²) in [4.78, 5) is 39.0. The van der Waals surface area contributed by atoms with Crippen molar-refractivity contribution in [3.8, 4) is 5.88 Å². The van der Waals surface area contributed by atoms with Gasteiger partial charge in [-0.3, -0.25) is 19.1 Å². The Morgan fingerprint density at radius 3 is 3.00 bits per heavy atom. The first kappa shape index (κ1) is 16.1. The summed E-state index contributed by atoms with van der Waals surface area (Å²) in [6.45, 7) is 0.241. The van der Waals surface area contributed by atoms with Crippen molar-refractivity contribution in [1.82, 2.24) is 19.5 Å². The molecule has 3 aromatic heterocycles. The molecule has 0 aliphatic carbocycles. The van der Waals surface area contributed by atoms with Gasteiger partial charge in [0.25, 0.3) is 5.56 Å². The molecule has 0 N–H and O–H groups in total. The van der Waals surface area contributed by atoms with Gasteiger partial charge in [0.15, 0.2) is 0 Å². The zero-order valence-electron chi connectivity index (χ0n) is 13.2. The topological polar surface area (TPSA) is 90.2 Å². The predicted molar refractivity (Wildman–Crippen MR) is 90.5 cm³/mol. The van der Waals surface area contributed by atoms with Crippen LogP contribution in [0.15, 0.2) is 34.8 Å². The van der Waals surface area contributed by atoms with Crippen LogP contribution < -0.4 is 15.2 Å². The number of ether oxygens (including phenoxy) is 1. The Morgan fingerprint density at radius 2 is 2.21 bits per heavy atom. The van der Waals surface area contributed by atoms with E-state index in [1.165, 1.54) is 40.4 Å². The third-order valence-electron chi connectivity index (χ3n) is 3.52. The van der Waals surface area contributed by atoms with Gasteiger partial charge in [0.05, 0.1) is 18.8 Å². The summed E-state index contributed by atoms with van der Waals surface area (Å²) in [6.07, 6.45) is 3.12. The van der Waals surface area contributed by atoms with E-state index in [9.17, 15) is 9.59 Å². The summed E-state index contributed by atoms with van der Waals surface area (Å²) in [6, 6.07) is 3.34. The van der Waals surface area contributed by atoms with Crippen LogP contribution in [0.1, 0.15) is 6.42 Å². The molecular formula is C15H15N5O3S. The molecule has 24 heavy (non-hydrogen) atoms. The molecule has 0 aliphatic heterocycles. The lowest BCUT2D eigenvalue weighted by molar-refractivity contribution is -0.118. The van der Waals surface area contributed by atoms with Crippen LogP contribution in [0, 0.1) is 0 Å². The molecule has 8 nitrogen and oxygen atoms in total. The van der Waals surface area contributed by atoms with E-state index in [2.05, 4.69) is 15.0 Å². The van der Waals surface area contributed by atoms with Crippen molar-refractivity contribution >= 4 is 33.4 Å². The Labute approximate surface area is 141 Å². The van der Waals surface area contributed by atoms with E-state index in [0.717, 1.165) is 0 Å². The Bertz CT molecular complexity index is 936. The normalized spacial score (nSPS) is 10.8. The predicted octanol–water partition coefficient (Wildman–Crippen LogP) is 1.31. The highest BCUT2D eigenvalue weighted by atomic mass is 32.1. The van der Waals surface area contributed by atoms with Crippen LogP contribution in [0.2, 0.25) is 0 Å². The van der Waals surface area contributed by atoms with E-state index >= 15 is 0 Å². The van der Waals surface area contributed by atoms with Crippen molar-refractivity contribution < 1.29 is 9.53 Å². The molecule has 3 aromatic rings. The summed E-state index contributed by atoms with van der Waals surface area (Å²) in [7, 11) is 3.08. The first-order valence-electron chi connectivity index (χ1n) is 7.16. The molecule has 0 fully saturated rings. The molecule has 0 saturated heterocycles. The number of hydrogen-bond acceptors (Lipinski definition) is 7. The molecule has 0 saturated carbocycles. The zero-order chi connectivity index (χ0) is 17.1. The third-order valence-corrected chi connectivity index (χ3v) is 4.34. The molecular weight excluding hydrogens is 330 g/mol. The molecule has 0 aliphatic rings. The largest absolute Gasteiger partial charge is 0.481 e. The Hall–Kier alpha value is -2.81. The molecule has 0 aromatic carbocycles. The average molecular weight is 345 g/mol. The molecule has 0 spiro atoms. The van der Waals surface area contributed by atoms with Crippen LogP contribution in [0.25, 0.3) is 10.2 Å². The number of aryl methyl sites for hydroxylation is 1. The molecule has 1 amide bonds. The van der Waals surface area contributed by atoms with Crippen LogP contribution >= 0.6 is 11.3 Å². The maximum absolute atomic E-state index is 12.3. The molecule has 124 valence electrons. The Balaban J connectivity index is 1.72. The van der Waals surface area contributed by atoms with Gasteiger partial charge in [-0.15, -0.1) is 11.3 Å². The number of carbonyl (C=O) groups excluding carboxylic acids is 1. The van der Waals surface area contributed by atoms with Crippen LogP contribution in [-0.2, 0) is 11.3 Å². The van der Waals surface area contributed by atoms with Gasteiger partial charge in [0.1, 0.15) is 4.83 Å². The van der Waals surface area contributed by atoms with Gasteiger partial charge in [-0.05, 0) is 11.4 Å². The minimum Gasteiger partial charge on any atom is -0.481 e. The minimum atomic E-state index is -0.208. The van der Waals surface area contributed by atoms with Crippen molar-refractivity contribution in [3.63, 3.8) is 0 Å². The lowest BCUT2D eigenvalue weighted by atomic mass is 10.3. The van der Waals surface area contributed by atoms with E-state index < -0.39 is 0 Å². The van der Waals surface area contributed by atoms with Crippen LogP contribution in [0.3, 0.4) is 0 Å². The van der Waals surface area contributed by atoms with Gasteiger partial charge in [-0.1, -0.05) is 0 Å². The van der Waals surface area contributed by atoms with Crippen molar-refractivity contribution in [2.75, 3.05) is 19.1 Å². The summed E-state index contributed by atoms with van der Waals surface area (Å²) >= 11 is 1.41. The van der Waals surface area contributed by atoms with Gasteiger partial charge < -0.3 is 4.74 Å². The second kappa shape index (κ2) is 6.75. The fraction of sp³-hybridized carbons (Fsp3) is 0.267. The molecule has 0 unspecified atom stereocenters. The minimum absolute atomic E-state index is 0.133. The summed E-state index contributed by atoms with van der Waals surface area (Å²) in [5.41, 5.74) is -0.144. The lowest BCUT2D eigenvalue weighted by Gasteiger charge is -2.15. The van der Waals surface area contributed by atoms with Crippen molar-refractivity contribution in [1.29, 1.82) is 0 Å². The maximum atomic E-state index is 12.3. The van der Waals surface area contributed by atoms with Gasteiger partial charge in [0.2, 0.25) is 17.7 Å². The Morgan fingerprint density at radius 1 is 1.38 bits per heavy atom. The summed E-state index contributed by atoms with van der Waals surface area (Å²) in [5.74, 6) is 0.418. The van der Waals surface area contributed by atoms with E-state index in [4.69, 9.17) is 4.74 Å². The number of hydrogen-bond donors (Lipinski definition) is 0. The number of nitrogens with zero attached hydrogens (tertiary/aromatic N) is 5. The number of thiophene rings is 1. The first-order chi connectivity index (χ1) is 11.6. The van der Waals surface area contributed by atoms with Gasteiger partial charge in [-0.25, -0.2) is 9.97 Å². The van der Waals surface area contributed by atoms with Gasteiger partial charge in [-0.2, -0.15) is 4.98 Å². The monoisotopic (exact) mass is 345 g/mol. The zero-order valence-corrected chi connectivity index (χ0v) is 14.0. The van der Waals surface area contributed by atoms with E-state index in [-0.39, 0.29) is 30.4 Å². The number of aromatic nitrogens is 4. The highest BCUT2D eigenvalue weighted by molar-refractivity contribution is 7.16. The third kappa shape index (κ3) is 3.11. The van der Waals surface area contributed by atoms with Crippen LogP contribution in [-0.4, -0.2) is 39.6 Å². The number of fused-ring (bicyclic) bond motifs is 1. The standard InChI is InChI=1S/C15H15N5O3S/c1-19(15-16-6-3-11(18-15)23-2)12(21)4-7-20-9-17-13-10(14(20)22)5-8-24-13/h3,5-6,8-9H,4,7H2,1-2H3. The van der Waals surface area contributed by atoms with Gasteiger partial charge >= 0.3 is 0 Å². The quantitative estimate of drug-likeness (QED) is 0.692. The van der Waals surface area contributed by atoms with Crippen LogP contribution in [0.4, 0.5) is 5.95 Å². The van der Waals surface area contributed by atoms with E-state index in [1.807, 2.05) is 5.38 Å². The van der Waals surface area contributed by atoms with E-state index in [0.29, 0.717) is 16.1 Å². The SMILES string of the molecule is COc1ccnc(N(C)C(=O)CCn2cnc3sccc3c2=O)n1. The summed E-state index contributed by atoms with van der Waals surface area (Å²) < 4.78 is 6.46. The second-order valence-corrected chi connectivity index (χ2v) is 5.88. The molecule has 3 heterocycles. The maximum Gasteiger partial charge on any atom is 0.262 e. The lowest BCUT2D eigenvalue weighted by Crippen LogP contribution is -2.30. The number of carbonyl (C=O) groups is 1. The van der Waals surface area contributed by atoms with Gasteiger partial charge in [0, 0.05) is 32.3 Å². The smallest absolute Gasteiger partial charge is 0.262 e. The van der Waals surface area contributed by atoms with Crippen LogP contribution in [0.5, 0.6) is 5.88 Å². The first-order valence-corrected chi connectivity index (χ1v) is 8.04. The molecule has 0 bridgehead atoms. The molecule has 0 radical (unpaired) electrons. The van der Waals surface area contributed by atoms with Crippen molar-refractivity contribution in [2.24, 2.45) is 0 Å². The van der Waals surface area contributed by atoms with E-state index in [1.54, 1.807) is 19.2 Å². The highest BCUT2D eigenvalue weighted by Gasteiger charge is 2.15. The second-order valence-electron chi connectivity index (χ2n) is 4.98. The molecule has 0 atom stereocenters. The average Bonchev–Trinajstić information content (AvgIpc) is 3.10. The number of rotatable bonds is 5. The highest BCUT2D eigenvalue weighted by Crippen LogP contribution is 2.14. The van der Waals surface area contributed by atoms with Crippen molar-refractivity contribution in [2.45, 2.75) is 13.0 Å². The fourth-order valence-corrected chi connectivity index (χ4v) is 2.88. The molecule has 9 heteroatoms. The van der Waals surface area contributed by atoms with Crippen molar-refractivity contribution in [3.05, 3.63) is 40.4 Å². The number of methoxy groups -OCH3 is 1.